The smallest absolute Gasteiger partial charge is 0.151 e. The van der Waals surface area contributed by atoms with E-state index in [2.05, 4.69) is 28.0 Å². The number of ether oxygens (including phenoxy) is 1. The van der Waals surface area contributed by atoms with Crippen molar-refractivity contribution in [1.29, 1.82) is 5.41 Å². The minimum Gasteiger partial charge on any atom is -0.396 e. The maximum absolute atomic E-state index is 9.08. The predicted molar refractivity (Wildman–Crippen MR) is 134 cm³/mol. The summed E-state index contributed by atoms with van der Waals surface area (Å²) in [6.07, 6.45) is 7.21. The Balaban J connectivity index is 0. The number of nitrogens with two attached hydrogens (primary N) is 1. The molecule has 0 bridgehead atoms. The number of allylic oxidation sites excluding steroid dienone is 1. The van der Waals surface area contributed by atoms with Gasteiger partial charge >= 0.3 is 0 Å². The van der Waals surface area contributed by atoms with Gasteiger partial charge in [0.15, 0.2) is 5.82 Å². The van der Waals surface area contributed by atoms with E-state index in [1.165, 1.54) is 19.1 Å². The van der Waals surface area contributed by atoms with Crippen LogP contribution in [-0.4, -0.2) is 39.1 Å². The van der Waals surface area contributed by atoms with Crippen molar-refractivity contribution in [2.24, 2.45) is 0 Å². The number of fused-ring (bicyclic) bond motifs is 1. The standard InChI is InChI=1S/C14H22N4O2.C5H11N.C3H6.C2H6/c1-4-20-8-11-17-12-13(18(11)6-5-7-19)9(2)10(3)16-14(12)15;1-2-3-4-5-6;1-3-2;1-2/h19H,4-8H2,1-3H3,(H2,15,16);5-6H,2-4H2,1H3;3H,1H2,2H3;1-2H3. The Morgan fingerprint density at radius 1 is 1.19 bits per heavy atom. The Labute approximate surface area is 189 Å². The van der Waals surface area contributed by atoms with Gasteiger partial charge in [-0.15, -0.1) is 6.58 Å². The molecule has 2 aromatic rings. The number of hydrogen-bond donors (Lipinski definition) is 3. The van der Waals surface area contributed by atoms with E-state index in [4.69, 9.17) is 21.0 Å². The Hall–Kier alpha value is -2.25. The molecule has 2 rings (SSSR count). The van der Waals surface area contributed by atoms with Gasteiger partial charge in [-0.3, -0.25) is 0 Å². The minimum atomic E-state index is 0.145. The van der Waals surface area contributed by atoms with Crippen LogP contribution in [0.15, 0.2) is 12.7 Å². The molecule has 0 saturated heterocycles. The third-order valence-corrected chi connectivity index (χ3v) is 4.15. The van der Waals surface area contributed by atoms with Crippen LogP contribution in [0.1, 0.15) is 77.4 Å². The molecule has 7 nitrogen and oxygen atoms in total. The molecule has 0 spiro atoms. The number of aromatic nitrogens is 3. The zero-order chi connectivity index (χ0) is 24.2. The van der Waals surface area contributed by atoms with Gasteiger partial charge < -0.3 is 25.6 Å². The highest BCUT2D eigenvalue weighted by atomic mass is 16.5. The molecule has 0 aromatic carbocycles. The molecule has 0 fully saturated rings. The van der Waals surface area contributed by atoms with Gasteiger partial charge in [-0.2, -0.15) is 0 Å². The average Bonchev–Trinajstić information content (AvgIpc) is 3.14. The molecule has 0 unspecified atom stereocenters. The fraction of sp³-hybridized carbons (Fsp3) is 0.625. The van der Waals surface area contributed by atoms with Gasteiger partial charge in [0.2, 0.25) is 0 Å². The number of unbranched alkanes of at least 4 members (excludes halogenated alkanes) is 2. The number of imidazole rings is 1. The van der Waals surface area contributed by atoms with E-state index in [0.29, 0.717) is 32.0 Å². The second-order valence-corrected chi connectivity index (χ2v) is 6.55. The molecule has 0 atom stereocenters. The van der Waals surface area contributed by atoms with Gasteiger partial charge in [0.25, 0.3) is 0 Å². The van der Waals surface area contributed by atoms with Crippen molar-refractivity contribution in [3.63, 3.8) is 0 Å². The monoisotopic (exact) mass is 435 g/mol. The van der Waals surface area contributed by atoms with E-state index < -0.39 is 0 Å². The Morgan fingerprint density at radius 3 is 2.26 bits per heavy atom. The topological polar surface area (TPSA) is 110 Å². The van der Waals surface area contributed by atoms with Crippen LogP contribution in [0.5, 0.6) is 0 Å². The Bertz CT molecular complexity index is 741. The number of aliphatic hydroxyl groups is 1. The lowest BCUT2D eigenvalue weighted by Gasteiger charge is -2.11. The number of anilines is 1. The maximum Gasteiger partial charge on any atom is 0.151 e. The molecule has 0 aliphatic heterocycles. The van der Waals surface area contributed by atoms with Crippen LogP contribution in [0.25, 0.3) is 11.0 Å². The summed E-state index contributed by atoms with van der Waals surface area (Å²) in [5.41, 5.74) is 9.69. The number of aliphatic hydroxyl groups excluding tert-OH is 1. The first-order valence-corrected chi connectivity index (χ1v) is 11.3. The highest BCUT2D eigenvalue weighted by Gasteiger charge is 2.17. The molecular weight excluding hydrogens is 390 g/mol. The van der Waals surface area contributed by atoms with Crippen molar-refractivity contribution in [3.8, 4) is 0 Å². The second-order valence-electron chi connectivity index (χ2n) is 6.55. The number of aryl methyl sites for hydroxylation is 3. The first kappa shape index (κ1) is 30.9. The molecular formula is C24H45N5O2. The maximum atomic E-state index is 9.08. The summed E-state index contributed by atoms with van der Waals surface area (Å²) in [5, 5.41) is 15.7. The van der Waals surface area contributed by atoms with E-state index in [1.54, 1.807) is 6.08 Å². The molecule has 178 valence electrons. The molecule has 4 N–H and O–H groups in total. The SMILES string of the molecule is C=CC.CC.CCCCC=N.CCOCc1nc2c(N)nc(C)c(C)c2n1CCCO. The highest BCUT2D eigenvalue weighted by Crippen LogP contribution is 2.26. The molecule has 0 aliphatic carbocycles. The summed E-state index contributed by atoms with van der Waals surface area (Å²) in [6.45, 7) is 19.2. The third kappa shape index (κ3) is 11.1. The number of rotatable bonds is 9. The van der Waals surface area contributed by atoms with E-state index in [9.17, 15) is 0 Å². The largest absolute Gasteiger partial charge is 0.396 e. The quantitative estimate of drug-likeness (QED) is 0.270. The molecule has 7 heteroatoms. The summed E-state index contributed by atoms with van der Waals surface area (Å²) in [6, 6.07) is 0. The third-order valence-electron chi connectivity index (χ3n) is 4.15. The van der Waals surface area contributed by atoms with E-state index in [-0.39, 0.29) is 6.61 Å². The van der Waals surface area contributed by atoms with Crippen LogP contribution in [0.3, 0.4) is 0 Å². The fourth-order valence-corrected chi connectivity index (χ4v) is 2.63. The minimum absolute atomic E-state index is 0.145. The van der Waals surface area contributed by atoms with Gasteiger partial charge in [0.05, 0.1) is 5.52 Å². The Kier molecular flexibility index (Phi) is 19.7. The normalized spacial score (nSPS) is 9.55. The summed E-state index contributed by atoms with van der Waals surface area (Å²) >= 11 is 0. The fourth-order valence-electron chi connectivity index (χ4n) is 2.63. The van der Waals surface area contributed by atoms with Gasteiger partial charge in [-0.1, -0.05) is 33.3 Å². The van der Waals surface area contributed by atoms with Gasteiger partial charge in [-0.25, -0.2) is 9.97 Å². The first-order valence-electron chi connectivity index (χ1n) is 11.3. The highest BCUT2D eigenvalue weighted by molar-refractivity contribution is 5.88. The average molecular weight is 436 g/mol. The van der Waals surface area contributed by atoms with Crippen molar-refractivity contribution in [1.82, 2.24) is 14.5 Å². The number of hydrogen-bond acceptors (Lipinski definition) is 6. The molecule has 31 heavy (non-hydrogen) atoms. The van der Waals surface area contributed by atoms with E-state index in [1.807, 2.05) is 41.5 Å². The summed E-state index contributed by atoms with van der Waals surface area (Å²) < 4.78 is 7.56. The van der Waals surface area contributed by atoms with Crippen LogP contribution in [-0.2, 0) is 17.9 Å². The van der Waals surface area contributed by atoms with Crippen molar-refractivity contribution in [2.75, 3.05) is 18.9 Å². The molecule has 2 aromatic heterocycles. The van der Waals surface area contributed by atoms with Gasteiger partial charge in [0.1, 0.15) is 17.9 Å². The lowest BCUT2D eigenvalue weighted by molar-refractivity contribution is 0.125. The number of nitrogens with zero attached hydrogens (tertiary/aromatic N) is 3. The van der Waals surface area contributed by atoms with E-state index >= 15 is 0 Å². The summed E-state index contributed by atoms with van der Waals surface area (Å²) in [5.74, 6) is 1.28. The van der Waals surface area contributed by atoms with Gasteiger partial charge in [0, 0.05) is 25.5 Å². The van der Waals surface area contributed by atoms with Crippen molar-refractivity contribution < 1.29 is 9.84 Å². The lowest BCUT2D eigenvalue weighted by atomic mass is 10.2. The van der Waals surface area contributed by atoms with Crippen molar-refractivity contribution >= 4 is 23.1 Å². The second kappa shape index (κ2) is 19.7. The van der Waals surface area contributed by atoms with Crippen LogP contribution in [0.2, 0.25) is 0 Å². The zero-order valence-electron chi connectivity index (χ0n) is 20.8. The predicted octanol–water partition coefficient (Wildman–Crippen LogP) is 5.59. The van der Waals surface area contributed by atoms with Crippen LogP contribution in [0.4, 0.5) is 5.82 Å². The van der Waals surface area contributed by atoms with Crippen molar-refractivity contribution in [3.05, 3.63) is 29.7 Å². The number of nitrogen functional groups attached to an aromatic ring is 1. The number of nitrogens with one attached hydrogen (secondary N) is 1. The molecule has 0 amide bonds. The van der Waals surface area contributed by atoms with Crippen LogP contribution < -0.4 is 5.73 Å². The van der Waals surface area contributed by atoms with Crippen LogP contribution >= 0.6 is 0 Å². The lowest BCUT2D eigenvalue weighted by Crippen LogP contribution is -2.08. The Morgan fingerprint density at radius 2 is 1.81 bits per heavy atom. The molecule has 0 radical (unpaired) electrons. The number of pyridine rings is 1. The molecule has 2 heterocycles. The van der Waals surface area contributed by atoms with Crippen LogP contribution in [0, 0.1) is 19.3 Å². The van der Waals surface area contributed by atoms with Crippen molar-refractivity contribution in [2.45, 2.75) is 87.3 Å². The van der Waals surface area contributed by atoms with Gasteiger partial charge in [-0.05, 0) is 58.7 Å². The zero-order valence-corrected chi connectivity index (χ0v) is 20.8. The summed E-state index contributed by atoms with van der Waals surface area (Å²) in [4.78, 5) is 8.90. The summed E-state index contributed by atoms with van der Waals surface area (Å²) in [7, 11) is 0. The van der Waals surface area contributed by atoms with E-state index in [0.717, 1.165) is 34.5 Å². The molecule has 0 aliphatic rings. The first-order chi connectivity index (χ1) is 14.9. The molecule has 0 saturated carbocycles.